The number of nitrogens with two attached hydrogens (primary N) is 1. The van der Waals surface area contributed by atoms with Gasteiger partial charge in [-0.2, -0.15) is 11.3 Å². The van der Waals surface area contributed by atoms with Crippen molar-refractivity contribution in [3.05, 3.63) is 50.6 Å². The van der Waals surface area contributed by atoms with Crippen LogP contribution >= 0.6 is 27.3 Å². The number of rotatable bonds is 4. The molecule has 1 atom stereocenters. The fraction of sp³-hybridized carbons (Fsp3) is 0.286. The molecule has 2 aromatic rings. The minimum absolute atomic E-state index is 0.0672. The van der Waals surface area contributed by atoms with Crippen LogP contribution in [0, 0.1) is 0 Å². The first-order valence-electron chi connectivity index (χ1n) is 5.85. The van der Waals surface area contributed by atoms with Crippen LogP contribution in [0.25, 0.3) is 0 Å². The Labute approximate surface area is 121 Å². The molecule has 0 amide bonds. The minimum Gasteiger partial charge on any atom is -0.369 e. The number of thiophene rings is 1. The highest BCUT2D eigenvalue weighted by molar-refractivity contribution is 9.10. The van der Waals surface area contributed by atoms with Gasteiger partial charge in [-0.25, -0.2) is 0 Å². The molecule has 0 aliphatic heterocycles. The second-order valence-corrected chi connectivity index (χ2v) is 6.12. The summed E-state index contributed by atoms with van der Waals surface area (Å²) in [6.07, 6.45) is 0. The molecule has 1 heterocycles. The van der Waals surface area contributed by atoms with Gasteiger partial charge in [0.2, 0.25) is 0 Å². The minimum atomic E-state index is 0.0672. The smallest absolute Gasteiger partial charge is 0.0511 e. The first kappa shape index (κ1) is 13.6. The van der Waals surface area contributed by atoms with Gasteiger partial charge in [-0.3, -0.25) is 0 Å². The monoisotopic (exact) mass is 324 g/mol. The third kappa shape index (κ3) is 3.13. The van der Waals surface area contributed by atoms with Crippen molar-refractivity contribution < 1.29 is 0 Å². The van der Waals surface area contributed by atoms with Gasteiger partial charge in [0.1, 0.15) is 0 Å². The molecule has 1 aromatic carbocycles. The van der Waals surface area contributed by atoms with Crippen LogP contribution in [-0.4, -0.2) is 7.05 Å². The Morgan fingerprint density at radius 3 is 2.72 bits per heavy atom. The van der Waals surface area contributed by atoms with Crippen molar-refractivity contribution in [2.75, 3.05) is 11.9 Å². The molecular weight excluding hydrogens is 308 g/mol. The topological polar surface area (TPSA) is 29.3 Å². The summed E-state index contributed by atoms with van der Waals surface area (Å²) in [6.45, 7) is 2.91. The molecule has 0 saturated heterocycles. The van der Waals surface area contributed by atoms with Crippen molar-refractivity contribution in [2.24, 2.45) is 5.73 Å². The van der Waals surface area contributed by atoms with E-state index in [4.69, 9.17) is 5.73 Å². The summed E-state index contributed by atoms with van der Waals surface area (Å²) in [6, 6.07) is 8.54. The van der Waals surface area contributed by atoms with Gasteiger partial charge in [-0.1, -0.05) is 6.07 Å². The van der Waals surface area contributed by atoms with E-state index in [1.165, 1.54) is 11.3 Å². The van der Waals surface area contributed by atoms with Gasteiger partial charge in [-0.05, 0) is 62.9 Å². The summed E-state index contributed by atoms with van der Waals surface area (Å²) < 4.78 is 1.09. The maximum absolute atomic E-state index is 5.89. The van der Waals surface area contributed by atoms with Gasteiger partial charge in [0.25, 0.3) is 0 Å². The standard InChI is InChI=1S/C14H17BrN2S/c1-10(16)12-3-4-14(13(15)7-12)17(2)8-11-5-6-18-9-11/h3-7,9-10H,8,16H2,1-2H3/t10-/m0/s1. The Bertz CT molecular complexity index is 509. The number of anilines is 1. The molecule has 2 N–H and O–H groups in total. The zero-order chi connectivity index (χ0) is 13.1. The van der Waals surface area contributed by atoms with Gasteiger partial charge in [0, 0.05) is 24.1 Å². The van der Waals surface area contributed by atoms with E-state index in [9.17, 15) is 0 Å². The van der Waals surface area contributed by atoms with Crippen LogP contribution in [0.4, 0.5) is 5.69 Å². The predicted molar refractivity (Wildman–Crippen MR) is 83.2 cm³/mol. The summed E-state index contributed by atoms with van der Waals surface area (Å²) in [5.74, 6) is 0. The fourth-order valence-corrected chi connectivity index (χ4v) is 3.22. The lowest BCUT2D eigenvalue weighted by molar-refractivity contribution is 0.816. The van der Waals surface area contributed by atoms with Gasteiger partial charge in [-0.15, -0.1) is 0 Å². The molecule has 0 unspecified atom stereocenters. The van der Waals surface area contributed by atoms with Crippen LogP contribution in [0.2, 0.25) is 0 Å². The molecule has 0 spiro atoms. The molecule has 2 rings (SSSR count). The zero-order valence-electron chi connectivity index (χ0n) is 10.6. The Morgan fingerprint density at radius 2 is 2.17 bits per heavy atom. The van der Waals surface area contributed by atoms with Crippen molar-refractivity contribution in [1.82, 2.24) is 0 Å². The first-order valence-corrected chi connectivity index (χ1v) is 7.58. The van der Waals surface area contributed by atoms with E-state index in [-0.39, 0.29) is 6.04 Å². The molecule has 18 heavy (non-hydrogen) atoms. The van der Waals surface area contributed by atoms with Gasteiger partial charge < -0.3 is 10.6 Å². The predicted octanol–water partition coefficient (Wildman–Crippen LogP) is 4.17. The summed E-state index contributed by atoms with van der Waals surface area (Å²) in [5.41, 5.74) is 9.56. The molecular formula is C14H17BrN2S. The van der Waals surface area contributed by atoms with Gasteiger partial charge >= 0.3 is 0 Å². The summed E-state index contributed by atoms with van der Waals surface area (Å²) >= 11 is 5.36. The molecule has 4 heteroatoms. The molecule has 0 radical (unpaired) electrons. The number of halogens is 1. The van der Waals surface area contributed by atoms with E-state index in [2.05, 4.69) is 62.9 Å². The van der Waals surface area contributed by atoms with Crippen molar-refractivity contribution in [2.45, 2.75) is 19.5 Å². The third-order valence-electron chi connectivity index (χ3n) is 2.91. The molecule has 96 valence electrons. The molecule has 0 saturated carbocycles. The van der Waals surface area contributed by atoms with E-state index in [0.717, 1.165) is 16.6 Å². The average molecular weight is 325 g/mol. The number of benzene rings is 1. The lowest BCUT2D eigenvalue weighted by Crippen LogP contribution is -2.16. The number of hydrogen-bond acceptors (Lipinski definition) is 3. The zero-order valence-corrected chi connectivity index (χ0v) is 13.0. The van der Waals surface area contributed by atoms with E-state index in [1.807, 2.05) is 6.92 Å². The van der Waals surface area contributed by atoms with E-state index < -0.39 is 0 Å². The van der Waals surface area contributed by atoms with E-state index in [1.54, 1.807) is 11.3 Å². The Kier molecular flexibility index (Phi) is 4.43. The molecule has 0 bridgehead atoms. The largest absolute Gasteiger partial charge is 0.369 e. The maximum atomic E-state index is 5.89. The Balaban J connectivity index is 2.17. The van der Waals surface area contributed by atoms with Crippen molar-refractivity contribution >= 4 is 33.0 Å². The van der Waals surface area contributed by atoms with Crippen LogP contribution in [0.3, 0.4) is 0 Å². The average Bonchev–Trinajstić information content (AvgIpc) is 2.81. The summed E-state index contributed by atoms with van der Waals surface area (Å²) in [4.78, 5) is 2.23. The van der Waals surface area contributed by atoms with Crippen LogP contribution in [0.1, 0.15) is 24.1 Å². The quantitative estimate of drug-likeness (QED) is 0.914. The molecule has 0 aliphatic rings. The summed E-state index contributed by atoms with van der Waals surface area (Å²) in [5, 5.41) is 4.29. The molecule has 2 nitrogen and oxygen atoms in total. The molecule has 1 aromatic heterocycles. The summed E-state index contributed by atoms with van der Waals surface area (Å²) in [7, 11) is 2.10. The molecule has 0 aliphatic carbocycles. The number of nitrogens with zero attached hydrogens (tertiary/aromatic N) is 1. The highest BCUT2D eigenvalue weighted by Gasteiger charge is 2.09. The lowest BCUT2D eigenvalue weighted by atomic mass is 10.1. The fourth-order valence-electron chi connectivity index (χ4n) is 1.86. The highest BCUT2D eigenvalue weighted by atomic mass is 79.9. The van der Waals surface area contributed by atoms with Crippen LogP contribution < -0.4 is 10.6 Å². The second-order valence-electron chi connectivity index (χ2n) is 4.49. The highest BCUT2D eigenvalue weighted by Crippen LogP contribution is 2.29. The van der Waals surface area contributed by atoms with E-state index >= 15 is 0 Å². The van der Waals surface area contributed by atoms with Gasteiger partial charge in [0.15, 0.2) is 0 Å². The van der Waals surface area contributed by atoms with Crippen molar-refractivity contribution in [3.63, 3.8) is 0 Å². The van der Waals surface area contributed by atoms with Crippen LogP contribution in [0.15, 0.2) is 39.5 Å². The second kappa shape index (κ2) is 5.87. The maximum Gasteiger partial charge on any atom is 0.0511 e. The Morgan fingerprint density at radius 1 is 1.39 bits per heavy atom. The first-order chi connectivity index (χ1) is 8.58. The van der Waals surface area contributed by atoms with Gasteiger partial charge in [0.05, 0.1) is 5.69 Å². The van der Waals surface area contributed by atoms with Crippen LogP contribution in [-0.2, 0) is 6.54 Å². The van der Waals surface area contributed by atoms with Crippen molar-refractivity contribution in [1.29, 1.82) is 0 Å². The van der Waals surface area contributed by atoms with Crippen LogP contribution in [0.5, 0.6) is 0 Å². The molecule has 0 fully saturated rings. The normalized spacial score (nSPS) is 12.4. The van der Waals surface area contributed by atoms with Crippen molar-refractivity contribution in [3.8, 4) is 0 Å². The SMILES string of the molecule is C[C@H](N)c1ccc(N(C)Cc2ccsc2)c(Br)c1. The lowest BCUT2D eigenvalue weighted by Gasteiger charge is -2.21. The number of hydrogen-bond donors (Lipinski definition) is 1. The third-order valence-corrected chi connectivity index (χ3v) is 4.28. The van der Waals surface area contributed by atoms with E-state index in [0.29, 0.717) is 0 Å². The Hall–Kier alpha value is -0.840.